The van der Waals surface area contributed by atoms with Crippen LogP contribution >= 0.6 is 0 Å². The van der Waals surface area contributed by atoms with E-state index in [4.69, 9.17) is 0 Å². The monoisotopic (exact) mass is 531 g/mol. The highest BCUT2D eigenvalue weighted by atomic mass is 32.2. The maximum absolute atomic E-state index is 13.8. The fourth-order valence-electron chi connectivity index (χ4n) is 4.96. The topological polar surface area (TPSA) is 86.8 Å². The van der Waals surface area contributed by atoms with E-state index in [0.29, 0.717) is 17.7 Å². The minimum Gasteiger partial charge on any atom is -0.352 e. The predicted molar refractivity (Wildman–Crippen MR) is 144 cm³/mol. The van der Waals surface area contributed by atoms with E-state index in [0.717, 1.165) is 53.8 Å². The first-order chi connectivity index (χ1) is 17.5. The van der Waals surface area contributed by atoms with Crippen molar-refractivity contribution in [2.45, 2.75) is 77.9 Å². The molecule has 1 fully saturated rings. The lowest BCUT2D eigenvalue weighted by atomic mass is 9.95. The molecule has 9 heteroatoms. The van der Waals surface area contributed by atoms with E-state index in [9.17, 15) is 22.4 Å². The number of carbonyl (C=O) groups excluding carboxylic acids is 2. The molecular weight excluding hydrogens is 493 g/mol. The molecule has 0 aromatic heterocycles. The first kappa shape index (κ1) is 28.6. The van der Waals surface area contributed by atoms with Gasteiger partial charge in [-0.3, -0.25) is 13.9 Å². The number of carbonyl (C=O) groups is 2. The Hall–Kier alpha value is -2.94. The van der Waals surface area contributed by atoms with Crippen molar-refractivity contribution >= 4 is 27.5 Å². The molecule has 202 valence electrons. The second-order valence-corrected chi connectivity index (χ2v) is 11.9. The molecule has 0 heterocycles. The van der Waals surface area contributed by atoms with Crippen LogP contribution in [-0.2, 0) is 26.2 Å². The molecule has 3 rings (SSSR count). The number of halogens is 1. The average Bonchev–Trinajstić information content (AvgIpc) is 2.82. The predicted octanol–water partition coefficient (Wildman–Crippen LogP) is 4.46. The maximum Gasteiger partial charge on any atom is 0.244 e. The van der Waals surface area contributed by atoms with Crippen molar-refractivity contribution in [3.05, 3.63) is 65.0 Å². The van der Waals surface area contributed by atoms with Crippen LogP contribution in [0, 0.1) is 19.7 Å². The van der Waals surface area contributed by atoms with Gasteiger partial charge in [-0.05, 0) is 74.1 Å². The molecule has 2 amide bonds. The summed E-state index contributed by atoms with van der Waals surface area (Å²) in [4.78, 5) is 28.6. The van der Waals surface area contributed by atoms with E-state index in [1.165, 1.54) is 17.0 Å². The number of hydrogen-bond donors (Lipinski definition) is 1. The van der Waals surface area contributed by atoms with Gasteiger partial charge in [0.25, 0.3) is 0 Å². The summed E-state index contributed by atoms with van der Waals surface area (Å²) in [7, 11) is -3.80. The molecule has 2 aromatic rings. The number of anilines is 1. The molecule has 1 aliphatic carbocycles. The van der Waals surface area contributed by atoms with Gasteiger partial charge < -0.3 is 10.2 Å². The van der Waals surface area contributed by atoms with Crippen molar-refractivity contribution in [3.8, 4) is 0 Å². The quantitative estimate of drug-likeness (QED) is 0.490. The van der Waals surface area contributed by atoms with Crippen LogP contribution in [0.25, 0.3) is 0 Å². The van der Waals surface area contributed by atoms with Gasteiger partial charge in [-0.15, -0.1) is 0 Å². The number of sulfonamides is 1. The van der Waals surface area contributed by atoms with Crippen LogP contribution < -0.4 is 9.62 Å². The van der Waals surface area contributed by atoms with Gasteiger partial charge in [0.2, 0.25) is 21.8 Å². The average molecular weight is 532 g/mol. The molecule has 0 radical (unpaired) electrons. The van der Waals surface area contributed by atoms with Gasteiger partial charge in [0.1, 0.15) is 18.4 Å². The van der Waals surface area contributed by atoms with Crippen LogP contribution in [0.15, 0.2) is 42.5 Å². The summed E-state index contributed by atoms with van der Waals surface area (Å²) in [5.41, 5.74) is 2.79. The van der Waals surface area contributed by atoms with Crippen LogP contribution in [0.5, 0.6) is 0 Å². The lowest BCUT2D eigenvalue weighted by Crippen LogP contribution is -2.53. The van der Waals surface area contributed by atoms with Gasteiger partial charge in [0, 0.05) is 12.6 Å². The fourth-order valence-corrected chi connectivity index (χ4v) is 5.79. The zero-order valence-electron chi connectivity index (χ0n) is 22.2. The van der Waals surface area contributed by atoms with Crippen molar-refractivity contribution in [2.75, 3.05) is 17.1 Å². The second-order valence-electron chi connectivity index (χ2n) is 10.0. The third-order valence-electron chi connectivity index (χ3n) is 6.78. The lowest BCUT2D eigenvalue weighted by Gasteiger charge is -2.34. The van der Waals surface area contributed by atoms with Gasteiger partial charge in [-0.2, -0.15) is 0 Å². The van der Waals surface area contributed by atoms with Gasteiger partial charge >= 0.3 is 0 Å². The Bertz CT molecular complexity index is 1170. The Labute approximate surface area is 220 Å². The number of aryl methyl sites for hydroxylation is 2. The summed E-state index contributed by atoms with van der Waals surface area (Å²) in [6.07, 6.45) is 6.49. The molecule has 0 bridgehead atoms. The van der Waals surface area contributed by atoms with Gasteiger partial charge in [0.15, 0.2) is 0 Å². The number of amides is 2. The first-order valence-corrected chi connectivity index (χ1v) is 14.7. The maximum atomic E-state index is 13.8. The molecule has 0 saturated heterocycles. The number of hydrogen-bond acceptors (Lipinski definition) is 4. The Kier molecular flexibility index (Phi) is 9.70. The van der Waals surface area contributed by atoms with Crippen molar-refractivity contribution < 1.29 is 22.4 Å². The van der Waals surface area contributed by atoms with Crippen LogP contribution in [0.1, 0.15) is 62.1 Å². The Balaban J connectivity index is 1.92. The number of nitrogens with one attached hydrogen (secondary N) is 1. The van der Waals surface area contributed by atoms with E-state index in [1.807, 2.05) is 26.8 Å². The van der Waals surface area contributed by atoms with E-state index in [-0.39, 0.29) is 18.5 Å². The Morgan fingerprint density at radius 2 is 1.62 bits per heavy atom. The fraction of sp³-hybridized carbons (Fsp3) is 0.500. The number of rotatable bonds is 10. The SMILES string of the molecule is CCC(C(=O)NC1CCCCC1)N(Cc1ccc(F)cc1)C(=O)CN(c1cc(C)cc(C)c1)S(C)(=O)=O. The molecule has 1 unspecified atom stereocenters. The standard InChI is InChI=1S/C28H38FN3O4S/c1-5-26(28(34)30-24-9-7-6-8-10-24)31(18-22-11-13-23(29)14-12-22)27(33)19-32(37(4,35)36)25-16-20(2)15-21(3)17-25/h11-17,24,26H,5-10,18-19H2,1-4H3,(H,30,34). The summed E-state index contributed by atoms with van der Waals surface area (Å²) in [6.45, 7) is 5.16. The molecule has 1 aliphatic rings. The summed E-state index contributed by atoms with van der Waals surface area (Å²) in [5.74, 6) is -1.15. The van der Waals surface area contributed by atoms with Gasteiger partial charge in [-0.25, -0.2) is 12.8 Å². The summed E-state index contributed by atoms with van der Waals surface area (Å²) < 4.78 is 40.2. The van der Waals surface area contributed by atoms with Crippen molar-refractivity contribution in [2.24, 2.45) is 0 Å². The van der Waals surface area contributed by atoms with E-state index in [1.54, 1.807) is 24.3 Å². The van der Waals surface area contributed by atoms with E-state index in [2.05, 4.69) is 5.32 Å². The normalized spacial score (nSPS) is 15.2. The molecule has 2 aromatic carbocycles. The summed E-state index contributed by atoms with van der Waals surface area (Å²) in [5, 5.41) is 3.11. The second kappa shape index (κ2) is 12.5. The van der Waals surface area contributed by atoms with E-state index >= 15 is 0 Å². The van der Waals surface area contributed by atoms with Crippen LogP contribution in [0.3, 0.4) is 0 Å². The zero-order valence-corrected chi connectivity index (χ0v) is 23.0. The lowest BCUT2D eigenvalue weighted by molar-refractivity contribution is -0.140. The van der Waals surface area contributed by atoms with Crippen molar-refractivity contribution in [1.29, 1.82) is 0 Å². The van der Waals surface area contributed by atoms with Crippen molar-refractivity contribution in [1.82, 2.24) is 10.2 Å². The molecule has 7 nitrogen and oxygen atoms in total. The molecule has 1 N–H and O–H groups in total. The van der Waals surface area contributed by atoms with Gasteiger partial charge in [-0.1, -0.05) is 44.4 Å². The van der Waals surface area contributed by atoms with Crippen LogP contribution in [-0.4, -0.2) is 50.0 Å². The Morgan fingerprint density at radius 1 is 1.03 bits per heavy atom. The number of benzene rings is 2. The molecule has 0 spiro atoms. The first-order valence-electron chi connectivity index (χ1n) is 12.9. The molecule has 1 saturated carbocycles. The summed E-state index contributed by atoms with van der Waals surface area (Å²) in [6, 6.07) is 10.4. The third kappa shape index (κ3) is 8.02. The molecular formula is C28H38FN3O4S. The zero-order chi connectivity index (χ0) is 27.2. The third-order valence-corrected chi connectivity index (χ3v) is 7.92. The van der Waals surface area contributed by atoms with Crippen molar-refractivity contribution in [3.63, 3.8) is 0 Å². The molecule has 0 aliphatic heterocycles. The van der Waals surface area contributed by atoms with Crippen LogP contribution in [0.2, 0.25) is 0 Å². The molecule has 37 heavy (non-hydrogen) atoms. The smallest absolute Gasteiger partial charge is 0.244 e. The highest BCUT2D eigenvalue weighted by Gasteiger charge is 2.33. The van der Waals surface area contributed by atoms with E-state index < -0.39 is 34.3 Å². The minimum atomic E-state index is -3.80. The largest absolute Gasteiger partial charge is 0.352 e. The minimum absolute atomic E-state index is 0.0557. The van der Waals surface area contributed by atoms with Crippen LogP contribution in [0.4, 0.5) is 10.1 Å². The molecule has 1 atom stereocenters. The van der Waals surface area contributed by atoms with Gasteiger partial charge in [0.05, 0.1) is 11.9 Å². The number of nitrogens with zero attached hydrogens (tertiary/aromatic N) is 2. The highest BCUT2D eigenvalue weighted by molar-refractivity contribution is 7.92. The highest BCUT2D eigenvalue weighted by Crippen LogP contribution is 2.23. The summed E-state index contributed by atoms with van der Waals surface area (Å²) >= 11 is 0. The Morgan fingerprint density at radius 3 is 2.16 bits per heavy atom.